The average Bonchev–Trinajstić information content (AvgIpc) is 3.04. The molecule has 0 atom stereocenters. The quantitative estimate of drug-likeness (QED) is 0.174. The van der Waals surface area contributed by atoms with Crippen LogP contribution in [-0.4, -0.2) is 0 Å². The molecule has 0 fully saturated rings. The number of rotatable bonds is 2. The molecule has 4 N–H and O–H groups in total. The molecule has 4 aromatic carbocycles. The zero-order valence-electron chi connectivity index (χ0n) is 16.7. The van der Waals surface area contributed by atoms with E-state index in [1.807, 2.05) is 0 Å². The predicted octanol–water partition coefficient (Wildman–Crippen LogP) is 9.79. The minimum atomic E-state index is -0.615. The van der Waals surface area contributed by atoms with E-state index in [4.69, 9.17) is 11.5 Å². The number of benzene rings is 4. The van der Waals surface area contributed by atoms with Crippen LogP contribution in [0.5, 0.6) is 0 Å². The summed E-state index contributed by atoms with van der Waals surface area (Å²) in [5.74, 6) is 0. The lowest BCUT2D eigenvalue weighted by atomic mass is 9.67. The first-order valence-corrected chi connectivity index (χ1v) is 14.5. The Morgan fingerprint density at radius 3 is 1.15 bits per heavy atom. The Bertz CT molecular complexity index is 1310. The van der Waals surface area contributed by atoms with Crippen LogP contribution in [0.2, 0.25) is 0 Å². The highest BCUT2D eigenvalue weighted by Crippen LogP contribution is 2.58. The summed E-state index contributed by atoms with van der Waals surface area (Å²) in [6, 6.07) is 21.4. The van der Waals surface area contributed by atoms with Gasteiger partial charge in [-0.25, -0.2) is 0 Å². The van der Waals surface area contributed by atoms with E-state index in [2.05, 4.69) is 156 Å². The predicted molar refractivity (Wildman–Crippen MR) is 159 cm³/mol. The summed E-state index contributed by atoms with van der Waals surface area (Å²) in [4.78, 5) is 0. The summed E-state index contributed by atoms with van der Waals surface area (Å²) in [5.41, 5.74) is 20.2. The highest BCUT2D eigenvalue weighted by molar-refractivity contribution is 9.11. The minimum Gasteiger partial charge on any atom is -0.397 e. The second kappa shape index (κ2) is 8.79. The molecule has 0 amide bonds. The Morgan fingerprint density at radius 2 is 0.818 bits per heavy atom. The number of fused-ring (bicyclic) bond motifs is 3. The second-order valence-corrected chi connectivity index (χ2v) is 13.1. The molecule has 0 heterocycles. The number of nitrogen functional groups attached to an aromatic ring is 2. The van der Waals surface area contributed by atoms with Gasteiger partial charge in [0.05, 0.1) is 16.8 Å². The molecule has 4 aromatic rings. The number of nitrogens with two attached hydrogens (primary N) is 2. The molecule has 8 heteroatoms. The number of anilines is 2. The molecule has 2 nitrogen and oxygen atoms in total. The smallest absolute Gasteiger partial charge is 0.0715 e. The first-order chi connectivity index (χ1) is 15.6. The van der Waals surface area contributed by atoms with Crippen molar-refractivity contribution in [1.29, 1.82) is 0 Å². The maximum atomic E-state index is 6.30. The third-order valence-electron chi connectivity index (χ3n) is 6.09. The van der Waals surface area contributed by atoms with Crippen LogP contribution in [0.25, 0.3) is 11.1 Å². The Morgan fingerprint density at radius 1 is 0.485 bits per heavy atom. The van der Waals surface area contributed by atoms with Crippen molar-refractivity contribution >= 4 is 107 Å². The second-order valence-electron chi connectivity index (χ2n) is 7.84. The summed E-state index contributed by atoms with van der Waals surface area (Å²) in [6.45, 7) is 0. The summed E-state index contributed by atoms with van der Waals surface area (Å²) in [6.07, 6.45) is 0. The van der Waals surface area contributed by atoms with Crippen LogP contribution in [0.4, 0.5) is 11.4 Å². The third-order valence-corrected chi connectivity index (χ3v) is 9.70. The van der Waals surface area contributed by atoms with E-state index in [0.29, 0.717) is 11.4 Å². The highest BCUT2D eigenvalue weighted by Gasteiger charge is 2.47. The molecule has 0 spiro atoms. The van der Waals surface area contributed by atoms with Gasteiger partial charge in [-0.3, -0.25) is 0 Å². The lowest BCUT2D eigenvalue weighted by Crippen LogP contribution is -2.29. The van der Waals surface area contributed by atoms with Crippen LogP contribution in [0.15, 0.2) is 87.5 Å². The van der Waals surface area contributed by atoms with E-state index >= 15 is 0 Å². The van der Waals surface area contributed by atoms with E-state index in [0.717, 1.165) is 38.0 Å². The van der Waals surface area contributed by atoms with Gasteiger partial charge in [0.15, 0.2) is 0 Å². The van der Waals surface area contributed by atoms with Crippen LogP contribution in [0, 0.1) is 0 Å². The van der Waals surface area contributed by atoms with Gasteiger partial charge < -0.3 is 11.5 Å². The molecule has 0 unspecified atom stereocenters. The Balaban J connectivity index is 2.03. The molecule has 33 heavy (non-hydrogen) atoms. The van der Waals surface area contributed by atoms with E-state index in [9.17, 15) is 0 Å². The van der Waals surface area contributed by atoms with Gasteiger partial charge in [-0.15, -0.1) is 0 Å². The van der Waals surface area contributed by atoms with Gasteiger partial charge >= 0.3 is 0 Å². The lowest BCUT2D eigenvalue weighted by Gasteiger charge is -2.35. The van der Waals surface area contributed by atoms with Gasteiger partial charge in [0.2, 0.25) is 0 Å². The molecule has 1 aliphatic carbocycles. The molecule has 166 valence electrons. The molecule has 0 saturated carbocycles. The number of hydrogen-bond acceptors (Lipinski definition) is 2. The maximum absolute atomic E-state index is 6.30. The molecule has 0 bridgehead atoms. The molecule has 0 aromatic heterocycles. The number of hydrogen-bond donors (Lipinski definition) is 2. The van der Waals surface area contributed by atoms with Gasteiger partial charge in [0.1, 0.15) is 0 Å². The molecule has 5 rings (SSSR count). The molecular weight excluding hydrogens is 808 g/mol. The van der Waals surface area contributed by atoms with Crippen molar-refractivity contribution in [1.82, 2.24) is 0 Å². The fourth-order valence-corrected chi connectivity index (χ4v) is 7.75. The van der Waals surface area contributed by atoms with Crippen molar-refractivity contribution < 1.29 is 0 Å². The third kappa shape index (κ3) is 3.71. The van der Waals surface area contributed by atoms with Gasteiger partial charge in [0.25, 0.3) is 0 Å². The van der Waals surface area contributed by atoms with E-state index < -0.39 is 5.41 Å². The monoisotopic (exact) mass is 816 g/mol. The van der Waals surface area contributed by atoms with Crippen molar-refractivity contribution in [2.24, 2.45) is 0 Å². The van der Waals surface area contributed by atoms with Crippen LogP contribution < -0.4 is 11.5 Å². The normalized spacial score (nSPS) is 13.6. The molecular formula is C25H14Br6N2. The zero-order chi connectivity index (χ0) is 23.7. The van der Waals surface area contributed by atoms with Crippen molar-refractivity contribution in [3.05, 3.63) is 110 Å². The minimum absolute atomic E-state index is 0.615. The fourth-order valence-electron chi connectivity index (χ4n) is 4.66. The zero-order valence-corrected chi connectivity index (χ0v) is 26.2. The van der Waals surface area contributed by atoms with Crippen LogP contribution in [-0.2, 0) is 5.41 Å². The van der Waals surface area contributed by atoms with E-state index in [1.54, 1.807) is 0 Å². The maximum Gasteiger partial charge on any atom is 0.0715 e. The van der Waals surface area contributed by atoms with Gasteiger partial charge in [0, 0.05) is 26.8 Å². The van der Waals surface area contributed by atoms with Gasteiger partial charge in [-0.05, 0) is 146 Å². The van der Waals surface area contributed by atoms with E-state index in [-0.39, 0.29) is 0 Å². The van der Waals surface area contributed by atoms with Crippen molar-refractivity contribution in [2.45, 2.75) is 5.41 Å². The summed E-state index contributed by atoms with van der Waals surface area (Å²) >= 11 is 22.1. The van der Waals surface area contributed by atoms with Gasteiger partial charge in [-0.2, -0.15) is 0 Å². The first-order valence-electron chi connectivity index (χ1n) is 9.75. The van der Waals surface area contributed by atoms with Gasteiger partial charge in [-0.1, -0.05) is 44.0 Å². The average molecular weight is 822 g/mol. The van der Waals surface area contributed by atoms with Crippen LogP contribution in [0.1, 0.15) is 22.3 Å². The van der Waals surface area contributed by atoms with E-state index in [1.165, 1.54) is 22.3 Å². The van der Waals surface area contributed by atoms with Crippen molar-refractivity contribution in [3.8, 4) is 11.1 Å². The molecule has 1 aliphatic rings. The van der Waals surface area contributed by atoms with Crippen molar-refractivity contribution in [2.75, 3.05) is 11.5 Å². The standard InChI is InChI=1S/C25H14Br6N2/c26-13-1-3-15-16-4-2-14(27)10-18(16)25(17(15)9-13,11-5-19(28)23(32)20(29)6-11)12-7-21(30)24(33)22(31)8-12/h1-10H,32-33H2. The SMILES string of the molecule is Nc1c(Br)cc(C2(c3cc(Br)c(N)c(Br)c3)c3cc(Br)ccc3-c3ccc(Br)cc32)cc1Br. The Labute approximate surface area is 242 Å². The molecule has 0 aliphatic heterocycles. The molecule has 0 radical (unpaired) electrons. The topological polar surface area (TPSA) is 52.0 Å². The number of halogens is 6. The Kier molecular flexibility index (Phi) is 6.41. The summed E-state index contributed by atoms with van der Waals surface area (Å²) < 4.78 is 5.36. The largest absolute Gasteiger partial charge is 0.397 e. The molecule has 0 saturated heterocycles. The lowest BCUT2D eigenvalue weighted by molar-refractivity contribution is 0.765. The summed E-state index contributed by atoms with van der Waals surface area (Å²) in [7, 11) is 0. The highest BCUT2D eigenvalue weighted by atomic mass is 79.9. The fraction of sp³-hybridized carbons (Fsp3) is 0.0400. The van der Waals surface area contributed by atoms with Crippen LogP contribution in [0.3, 0.4) is 0 Å². The Hall–Kier alpha value is -0.640. The van der Waals surface area contributed by atoms with Crippen LogP contribution >= 0.6 is 95.6 Å². The first kappa shape index (κ1) is 24.1. The summed E-state index contributed by atoms with van der Waals surface area (Å²) in [5, 5.41) is 0. The van der Waals surface area contributed by atoms with Crippen molar-refractivity contribution in [3.63, 3.8) is 0 Å².